The maximum atomic E-state index is 5.37. The van der Waals surface area contributed by atoms with E-state index in [9.17, 15) is 0 Å². The molecule has 1 atom stereocenters. The molecule has 0 saturated carbocycles. The van der Waals surface area contributed by atoms with Crippen molar-refractivity contribution in [1.82, 2.24) is 0 Å². The average Bonchev–Trinajstić information content (AvgIpc) is 2.38. The van der Waals surface area contributed by atoms with Crippen molar-refractivity contribution in [2.75, 3.05) is 13.2 Å². The summed E-state index contributed by atoms with van der Waals surface area (Å²) in [5.74, 6) is 0.853. The summed E-state index contributed by atoms with van der Waals surface area (Å²) in [7, 11) is 0. The first kappa shape index (κ1) is 8.53. The standard InChI is InChI=1S/C8H16N2O/c1-2-3-7-6-11-8(10-7)4-5-9/h7H,2-6,9H2,1H3. The highest BCUT2D eigenvalue weighted by molar-refractivity contribution is 5.77. The van der Waals surface area contributed by atoms with Crippen LogP contribution in [0.2, 0.25) is 0 Å². The zero-order valence-electron chi connectivity index (χ0n) is 7.05. The maximum Gasteiger partial charge on any atom is 0.184 e. The van der Waals surface area contributed by atoms with Crippen LogP contribution in [0.3, 0.4) is 0 Å². The molecule has 0 aliphatic carbocycles. The zero-order chi connectivity index (χ0) is 8.10. The fraction of sp³-hybridized carbons (Fsp3) is 0.875. The Hall–Kier alpha value is -0.570. The molecule has 1 aliphatic heterocycles. The van der Waals surface area contributed by atoms with Gasteiger partial charge < -0.3 is 10.5 Å². The quantitative estimate of drug-likeness (QED) is 0.658. The van der Waals surface area contributed by atoms with Gasteiger partial charge in [0.1, 0.15) is 6.61 Å². The van der Waals surface area contributed by atoms with Gasteiger partial charge in [0, 0.05) is 13.0 Å². The van der Waals surface area contributed by atoms with Crippen molar-refractivity contribution in [3.05, 3.63) is 0 Å². The Morgan fingerprint density at radius 2 is 2.55 bits per heavy atom. The Morgan fingerprint density at radius 3 is 3.18 bits per heavy atom. The zero-order valence-corrected chi connectivity index (χ0v) is 7.05. The lowest BCUT2D eigenvalue weighted by molar-refractivity contribution is 0.304. The summed E-state index contributed by atoms with van der Waals surface area (Å²) < 4.78 is 5.33. The van der Waals surface area contributed by atoms with Crippen molar-refractivity contribution >= 4 is 5.90 Å². The van der Waals surface area contributed by atoms with Gasteiger partial charge in [0.25, 0.3) is 0 Å². The van der Waals surface area contributed by atoms with Crippen LogP contribution < -0.4 is 5.73 Å². The highest BCUT2D eigenvalue weighted by atomic mass is 16.5. The third-order valence-corrected chi connectivity index (χ3v) is 1.75. The minimum Gasteiger partial charge on any atom is -0.479 e. The summed E-state index contributed by atoms with van der Waals surface area (Å²) >= 11 is 0. The molecule has 0 aromatic heterocycles. The molecule has 11 heavy (non-hydrogen) atoms. The van der Waals surface area contributed by atoms with Gasteiger partial charge in [-0.1, -0.05) is 13.3 Å². The lowest BCUT2D eigenvalue weighted by Crippen LogP contribution is -2.08. The van der Waals surface area contributed by atoms with Gasteiger partial charge >= 0.3 is 0 Å². The van der Waals surface area contributed by atoms with E-state index in [1.807, 2.05) is 0 Å². The molecule has 0 spiro atoms. The molecule has 1 aliphatic rings. The summed E-state index contributed by atoms with van der Waals surface area (Å²) in [6.45, 7) is 3.57. The van der Waals surface area contributed by atoms with E-state index in [2.05, 4.69) is 11.9 Å². The Balaban J connectivity index is 2.28. The van der Waals surface area contributed by atoms with Gasteiger partial charge in [0.2, 0.25) is 0 Å². The number of hydrogen-bond acceptors (Lipinski definition) is 3. The van der Waals surface area contributed by atoms with Gasteiger partial charge in [-0.05, 0) is 6.42 Å². The van der Waals surface area contributed by atoms with Crippen molar-refractivity contribution in [3.8, 4) is 0 Å². The van der Waals surface area contributed by atoms with Crippen molar-refractivity contribution < 1.29 is 4.74 Å². The first-order valence-corrected chi connectivity index (χ1v) is 4.26. The first-order chi connectivity index (χ1) is 5.36. The molecule has 0 radical (unpaired) electrons. The van der Waals surface area contributed by atoms with Crippen LogP contribution in [0.1, 0.15) is 26.2 Å². The lowest BCUT2D eigenvalue weighted by Gasteiger charge is -1.99. The highest BCUT2D eigenvalue weighted by Gasteiger charge is 2.16. The molecule has 0 aromatic rings. The van der Waals surface area contributed by atoms with Gasteiger partial charge in [0.15, 0.2) is 5.90 Å². The van der Waals surface area contributed by atoms with E-state index >= 15 is 0 Å². The molecule has 1 heterocycles. The van der Waals surface area contributed by atoms with E-state index in [1.165, 1.54) is 6.42 Å². The van der Waals surface area contributed by atoms with Crippen LogP contribution in [0, 0.1) is 0 Å². The summed E-state index contributed by atoms with van der Waals surface area (Å²) in [6.07, 6.45) is 3.10. The van der Waals surface area contributed by atoms with E-state index in [1.54, 1.807) is 0 Å². The number of rotatable bonds is 4. The highest BCUT2D eigenvalue weighted by Crippen LogP contribution is 2.11. The second kappa shape index (κ2) is 4.34. The average molecular weight is 156 g/mol. The topological polar surface area (TPSA) is 47.6 Å². The third kappa shape index (κ3) is 2.50. The number of nitrogens with zero attached hydrogens (tertiary/aromatic N) is 1. The molecule has 2 N–H and O–H groups in total. The van der Waals surface area contributed by atoms with Gasteiger partial charge in [0.05, 0.1) is 6.04 Å². The van der Waals surface area contributed by atoms with E-state index in [-0.39, 0.29) is 0 Å². The largest absolute Gasteiger partial charge is 0.479 e. The molecule has 3 nitrogen and oxygen atoms in total. The van der Waals surface area contributed by atoms with Crippen LogP contribution >= 0.6 is 0 Å². The van der Waals surface area contributed by atoms with E-state index in [4.69, 9.17) is 10.5 Å². The Kier molecular flexibility index (Phi) is 3.36. The predicted octanol–water partition coefficient (Wildman–Crippen LogP) is 0.933. The van der Waals surface area contributed by atoms with Crippen LogP contribution in [0.5, 0.6) is 0 Å². The molecular weight excluding hydrogens is 140 g/mol. The molecule has 0 saturated heterocycles. The van der Waals surface area contributed by atoms with Gasteiger partial charge in [-0.25, -0.2) is 4.99 Å². The van der Waals surface area contributed by atoms with Gasteiger partial charge in [-0.2, -0.15) is 0 Å². The third-order valence-electron chi connectivity index (χ3n) is 1.75. The van der Waals surface area contributed by atoms with Crippen molar-refractivity contribution in [1.29, 1.82) is 0 Å². The summed E-state index contributed by atoms with van der Waals surface area (Å²) in [6, 6.07) is 0.404. The number of nitrogens with two attached hydrogens (primary N) is 1. The molecule has 3 heteroatoms. The molecule has 0 amide bonds. The summed E-state index contributed by atoms with van der Waals surface area (Å²) in [5, 5.41) is 0. The number of hydrogen-bond donors (Lipinski definition) is 1. The van der Waals surface area contributed by atoms with Crippen molar-refractivity contribution in [2.45, 2.75) is 32.2 Å². The molecule has 0 aromatic carbocycles. The fourth-order valence-electron chi connectivity index (χ4n) is 1.21. The lowest BCUT2D eigenvalue weighted by atomic mass is 10.2. The smallest absolute Gasteiger partial charge is 0.184 e. The summed E-state index contributed by atoms with van der Waals surface area (Å²) in [4.78, 5) is 4.38. The van der Waals surface area contributed by atoms with Gasteiger partial charge in [-0.15, -0.1) is 0 Å². The molecule has 1 rings (SSSR count). The molecule has 0 bridgehead atoms. The molecular formula is C8H16N2O. The molecule has 0 fully saturated rings. The van der Waals surface area contributed by atoms with Crippen molar-refractivity contribution in [3.63, 3.8) is 0 Å². The minimum absolute atomic E-state index is 0.404. The minimum atomic E-state index is 0.404. The maximum absolute atomic E-state index is 5.37. The van der Waals surface area contributed by atoms with Crippen LogP contribution in [-0.4, -0.2) is 25.1 Å². The Bertz CT molecular complexity index is 145. The summed E-state index contributed by atoms with van der Waals surface area (Å²) in [5.41, 5.74) is 5.37. The second-order valence-corrected chi connectivity index (χ2v) is 2.82. The Morgan fingerprint density at radius 1 is 1.73 bits per heavy atom. The fourth-order valence-corrected chi connectivity index (χ4v) is 1.21. The molecule has 1 unspecified atom stereocenters. The number of aliphatic imine (C=N–C) groups is 1. The van der Waals surface area contributed by atoms with Crippen LogP contribution in [0.15, 0.2) is 4.99 Å². The van der Waals surface area contributed by atoms with Crippen LogP contribution in [0.25, 0.3) is 0 Å². The predicted molar refractivity (Wildman–Crippen MR) is 45.8 cm³/mol. The van der Waals surface area contributed by atoms with Gasteiger partial charge in [-0.3, -0.25) is 0 Å². The van der Waals surface area contributed by atoms with Crippen LogP contribution in [0.4, 0.5) is 0 Å². The first-order valence-electron chi connectivity index (χ1n) is 4.26. The molecule has 64 valence electrons. The van der Waals surface area contributed by atoms with Crippen molar-refractivity contribution in [2.24, 2.45) is 10.7 Å². The monoisotopic (exact) mass is 156 g/mol. The SMILES string of the molecule is CCCC1COC(CCN)=N1. The second-order valence-electron chi connectivity index (χ2n) is 2.82. The van der Waals surface area contributed by atoms with Crippen LogP contribution in [-0.2, 0) is 4.74 Å². The number of ether oxygens (including phenoxy) is 1. The normalized spacial score (nSPS) is 23.1. The van der Waals surface area contributed by atoms with E-state index in [0.717, 1.165) is 25.3 Å². The Labute approximate surface area is 67.6 Å². The van der Waals surface area contributed by atoms with E-state index in [0.29, 0.717) is 12.6 Å². The van der Waals surface area contributed by atoms with E-state index < -0.39 is 0 Å².